The molecule has 1 amide bonds. The SMILES string of the molecule is CN(C)C(=O)CN=C(NC1CC1)N1CCN(c2cccc(Cl)c2)CC1. The van der Waals surface area contributed by atoms with E-state index in [0.29, 0.717) is 6.04 Å². The number of nitrogens with one attached hydrogen (secondary N) is 1. The Labute approximate surface area is 154 Å². The van der Waals surface area contributed by atoms with Crippen LogP contribution in [-0.2, 0) is 4.79 Å². The van der Waals surface area contributed by atoms with Gasteiger partial charge in [0, 0.05) is 57.0 Å². The van der Waals surface area contributed by atoms with Gasteiger partial charge in [0.2, 0.25) is 5.91 Å². The van der Waals surface area contributed by atoms with E-state index < -0.39 is 0 Å². The number of guanidine groups is 1. The molecular formula is C18H26ClN5O. The first kappa shape index (κ1) is 17.9. The molecule has 0 unspecified atom stereocenters. The van der Waals surface area contributed by atoms with E-state index in [9.17, 15) is 4.79 Å². The quantitative estimate of drug-likeness (QED) is 0.653. The number of likely N-dealkylation sites (N-methyl/N-ethyl adjacent to an activating group) is 1. The fraction of sp³-hybridized carbons (Fsp3) is 0.556. The van der Waals surface area contributed by atoms with Crippen LogP contribution in [0.2, 0.25) is 5.02 Å². The van der Waals surface area contributed by atoms with E-state index in [2.05, 4.69) is 26.2 Å². The van der Waals surface area contributed by atoms with Gasteiger partial charge < -0.3 is 20.0 Å². The average Bonchev–Trinajstić information content (AvgIpc) is 3.42. The number of aliphatic imine (C=N–C) groups is 1. The van der Waals surface area contributed by atoms with Crippen molar-refractivity contribution in [2.75, 3.05) is 51.7 Å². The largest absolute Gasteiger partial charge is 0.368 e. The molecule has 2 fully saturated rings. The number of halogens is 1. The summed E-state index contributed by atoms with van der Waals surface area (Å²) in [5.41, 5.74) is 1.16. The molecule has 0 bridgehead atoms. The highest BCUT2D eigenvalue weighted by atomic mass is 35.5. The molecule has 1 saturated heterocycles. The number of piperazine rings is 1. The fourth-order valence-corrected chi connectivity index (χ4v) is 2.96. The number of amides is 1. The number of anilines is 1. The summed E-state index contributed by atoms with van der Waals surface area (Å²) in [5, 5.41) is 4.25. The molecule has 6 nitrogen and oxygen atoms in total. The van der Waals surface area contributed by atoms with Crippen molar-refractivity contribution in [2.45, 2.75) is 18.9 Å². The molecule has 136 valence electrons. The lowest BCUT2D eigenvalue weighted by atomic mass is 10.2. The zero-order chi connectivity index (χ0) is 17.8. The standard InChI is InChI=1S/C18H26ClN5O/c1-22(2)17(25)13-20-18(21-15-6-7-15)24-10-8-23(9-11-24)16-5-3-4-14(19)12-16/h3-5,12,15H,6-11,13H2,1-2H3,(H,20,21). The first-order chi connectivity index (χ1) is 12.0. The van der Waals surface area contributed by atoms with Crippen LogP contribution in [0.5, 0.6) is 0 Å². The van der Waals surface area contributed by atoms with Crippen molar-refractivity contribution in [3.05, 3.63) is 29.3 Å². The van der Waals surface area contributed by atoms with E-state index in [0.717, 1.165) is 42.8 Å². The summed E-state index contributed by atoms with van der Waals surface area (Å²) in [6.45, 7) is 3.76. The molecule has 2 aliphatic rings. The Hall–Kier alpha value is -1.95. The summed E-state index contributed by atoms with van der Waals surface area (Å²) in [7, 11) is 3.52. The lowest BCUT2D eigenvalue weighted by Gasteiger charge is -2.38. The Kier molecular flexibility index (Phi) is 5.68. The third kappa shape index (κ3) is 5.01. The first-order valence-electron chi connectivity index (χ1n) is 8.79. The molecule has 1 aromatic rings. The third-order valence-electron chi connectivity index (χ3n) is 4.53. The van der Waals surface area contributed by atoms with Crippen LogP contribution < -0.4 is 10.2 Å². The third-order valence-corrected chi connectivity index (χ3v) is 4.76. The Balaban J connectivity index is 1.61. The second kappa shape index (κ2) is 7.95. The van der Waals surface area contributed by atoms with Crippen LogP contribution in [0.15, 0.2) is 29.3 Å². The highest BCUT2D eigenvalue weighted by molar-refractivity contribution is 6.30. The van der Waals surface area contributed by atoms with E-state index in [-0.39, 0.29) is 12.5 Å². The maximum absolute atomic E-state index is 11.9. The molecule has 3 rings (SSSR count). The molecular weight excluding hydrogens is 338 g/mol. The van der Waals surface area contributed by atoms with Crippen LogP contribution >= 0.6 is 11.6 Å². The molecule has 1 aliphatic heterocycles. The van der Waals surface area contributed by atoms with E-state index in [4.69, 9.17) is 11.6 Å². The first-order valence-corrected chi connectivity index (χ1v) is 9.17. The molecule has 1 aliphatic carbocycles. The zero-order valence-electron chi connectivity index (χ0n) is 14.9. The van der Waals surface area contributed by atoms with Gasteiger partial charge in [-0.15, -0.1) is 0 Å². The number of hydrogen-bond acceptors (Lipinski definition) is 3. The Morgan fingerprint density at radius 3 is 2.60 bits per heavy atom. The van der Waals surface area contributed by atoms with Gasteiger partial charge in [-0.25, -0.2) is 4.99 Å². The Bertz CT molecular complexity index is 636. The van der Waals surface area contributed by atoms with E-state index in [1.165, 1.54) is 12.8 Å². The molecule has 1 heterocycles. The Morgan fingerprint density at radius 2 is 2.00 bits per heavy atom. The van der Waals surface area contributed by atoms with Crippen LogP contribution in [0.3, 0.4) is 0 Å². The maximum Gasteiger partial charge on any atom is 0.243 e. The lowest BCUT2D eigenvalue weighted by molar-refractivity contribution is -0.127. The zero-order valence-corrected chi connectivity index (χ0v) is 15.7. The number of carbonyl (C=O) groups excluding carboxylic acids is 1. The van der Waals surface area contributed by atoms with E-state index in [1.54, 1.807) is 19.0 Å². The van der Waals surface area contributed by atoms with Crippen molar-refractivity contribution in [3.8, 4) is 0 Å². The maximum atomic E-state index is 11.9. The van der Waals surface area contributed by atoms with Crippen molar-refractivity contribution < 1.29 is 4.79 Å². The van der Waals surface area contributed by atoms with Gasteiger partial charge in [-0.2, -0.15) is 0 Å². The van der Waals surface area contributed by atoms with Crippen LogP contribution in [-0.4, -0.2) is 74.5 Å². The summed E-state index contributed by atoms with van der Waals surface area (Å²) in [5.74, 6) is 0.885. The highest BCUT2D eigenvalue weighted by Crippen LogP contribution is 2.22. The normalized spacial score (nSPS) is 18.3. The summed E-state index contributed by atoms with van der Waals surface area (Å²) in [4.78, 5) is 22.6. The van der Waals surface area contributed by atoms with Gasteiger partial charge in [-0.05, 0) is 31.0 Å². The van der Waals surface area contributed by atoms with Gasteiger partial charge >= 0.3 is 0 Å². The lowest BCUT2D eigenvalue weighted by Crippen LogP contribution is -2.53. The molecule has 1 saturated carbocycles. The summed E-state index contributed by atoms with van der Waals surface area (Å²) in [6, 6.07) is 8.49. The molecule has 7 heteroatoms. The molecule has 0 aromatic heterocycles. The summed E-state index contributed by atoms with van der Waals surface area (Å²) in [6.07, 6.45) is 2.37. The number of rotatable bonds is 4. The van der Waals surface area contributed by atoms with Crippen molar-refractivity contribution in [2.24, 2.45) is 4.99 Å². The smallest absolute Gasteiger partial charge is 0.243 e. The van der Waals surface area contributed by atoms with Gasteiger partial charge in [0.05, 0.1) is 0 Å². The Morgan fingerprint density at radius 1 is 1.28 bits per heavy atom. The van der Waals surface area contributed by atoms with Crippen molar-refractivity contribution in [1.29, 1.82) is 0 Å². The van der Waals surface area contributed by atoms with Crippen LogP contribution in [0, 0.1) is 0 Å². The van der Waals surface area contributed by atoms with Crippen LogP contribution in [0.1, 0.15) is 12.8 Å². The second-order valence-electron chi connectivity index (χ2n) is 6.80. The minimum absolute atomic E-state index is 0.0210. The van der Waals surface area contributed by atoms with Gasteiger partial charge in [-0.3, -0.25) is 4.79 Å². The topological polar surface area (TPSA) is 51.2 Å². The highest BCUT2D eigenvalue weighted by Gasteiger charge is 2.27. The van der Waals surface area contributed by atoms with Crippen molar-refractivity contribution in [1.82, 2.24) is 15.1 Å². The number of hydrogen-bond donors (Lipinski definition) is 1. The molecule has 1 N–H and O–H groups in total. The van der Waals surface area contributed by atoms with Crippen molar-refractivity contribution in [3.63, 3.8) is 0 Å². The van der Waals surface area contributed by atoms with E-state index >= 15 is 0 Å². The minimum atomic E-state index is 0.0210. The van der Waals surface area contributed by atoms with Gasteiger partial charge in [0.1, 0.15) is 6.54 Å². The summed E-state index contributed by atoms with van der Waals surface area (Å²) < 4.78 is 0. The van der Waals surface area contributed by atoms with Crippen LogP contribution in [0.4, 0.5) is 5.69 Å². The average molecular weight is 364 g/mol. The predicted octanol–water partition coefficient (Wildman–Crippen LogP) is 1.66. The number of benzene rings is 1. The molecule has 1 aromatic carbocycles. The predicted molar refractivity (Wildman–Crippen MR) is 102 cm³/mol. The molecule has 0 spiro atoms. The number of nitrogens with zero attached hydrogens (tertiary/aromatic N) is 4. The molecule has 0 radical (unpaired) electrons. The summed E-state index contributed by atoms with van der Waals surface area (Å²) >= 11 is 6.10. The monoisotopic (exact) mass is 363 g/mol. The second-order valence-corrected chi connectivity index (χ2v) is 7.24. The van der Waals surface area contributed by atoms with Crippen molar-refractivity contribution >= 4 is 29.2 Å². The molecule has 0 atom stereocenters. The minimum Gasteiger partial charge on any atom is -0.368 e. The van der Waals surface area contributed by atoms with E-state index in [1.807, 2.05) is 18.2 Å². The van der Waals surface area contributed by atoms with Crippen LogP contribution in [0.25, 0.3) is 0 Å². The fourth-order valence-electron chi connectivity index (χ4n) is 2.78. The number of carbonyl (C=O) groups is 1. The van der Waals surface area contributed by atoms with Gasteiger partial charge in [0.25, 0.3) is 0 Å². The molecule has 25 heavy (non-hydrogen) atoms. The van der Waals surface area contributed by atoms with Gasteiger partial charge in [0.15, 0.2) is 5.96 Å². The van der Waals surface area contributed by atoms with Gasteiger partial charge in [-0.1, -0.05) is 17.7 Å².